The fraction of sp³-hybridized carbons (Fsp3) is 0.294. The molecule has 3 N–H and O–H groups in total. The number of rotatable bonds is 2. The molecule has 0 radical (unpaired) electrons. The molecule has 24 heavy (non-hydrogen) atoms. The van der Waals surface area contributed by atoms with Gasteiger partial charge in [-0.15, -0.1) is 0 Å². The van der Waals surface area contributed by atoms with E-state index in [1.165, 1.54) is 4.57 Å². The highest BCUT2D eigenvalue weighted by molar-refractivity contribution is 5.98. The van der Waals surface area contributed by atoms with Crippen LogP contribution in [0.15, 0.2) is 35.5 Å². The van der Waals surface area contributed by atoms with Gasteiger partial charge in [0.25, 0.3) is 5.56 Å². The molecule has 3 rings (SSSR count). The van der Waals surface area contributed by atoms with Gasteiger partial charge in [0.15, 0.2) is 0 Å². The van der Waals surface area contributed by atoms with Crippen molar-refractivity contribution in [1.29, 1.82) is 0 Å². The van der Waals surface area contributed by atoms with E-state index in [0.717, 1.165) is 11.1 Å². The summed E-state index contributed by atoms with van der Waals surface area (Å²) in [5, 5.41) is 3.90. The van der Waals surface area contributed by atoms with Gasteiger partial charge in [0, 0.05) is 42.8 Å². The van der Waals surface area contributed by atoms with Crippen LogP contribution in [-0.4, -0.2) is 25.1 Å². The number of pyridine rings is 2. The predicted octanol–water partition coefficient (Wildman–Crippen LogP) is 2.18. The highest BCUT2D eigenvalue weighted by atomic mass is 16.1. The number of aryl methyl sites for hydroxylation is 1. The summed E-state index contributed by atoms with van der Waals surface area (Å²) in [7, 11) is 1.71. The van der Waals surface area contributed by atoms with Crippen LogP contribution in [-0.2, 0) is 7.05 Å². The van der Waals surface area contributed by atoms with Gasteiger partial charge in [-0.2, -0.15) is 0 Å². The number of hydrogen-bond acceptors (Lipinski definition) is 6. The quantitative estimate of drug-likeness (QED) is 0.749. The number of aromatic nitrogens is 4. The second-order valence-corrected chi connectivity index (χ2v) is 6.75. The van der Waals surface area contributed by atoms with Crippen LogP contribution >= 0.6 is 0 Å². The first-order valence-electron chi connectivity index (χ1n) is 7.61. The summed E-state index contributed by atoms with van der Waals surface area (Å²) in [6.07, 6.45) is 5.01. The number of nitrogens with two attached hydrogens (primary N) is 1. The Balaban J connectivity index is 2.23. The number of nitrogens with one attached hydrogen (secondary N) is 1. The largest absolute Gasteiger partial charge is 0.383 e. The molecule has 3 aromatic rings. The van der Waals surface area contributed by atoms with Crippen LogP contribution in [0.2, 0.25) is 0 Å². The number of fused-ring (bicyclic) bond motifs is 1. The Morgan fingerprint density at radius 2 is 1.96 bits per heavy atom. The fourth-order valence-corrected chi connectivity index (χ4v) is 2.36. The highest BCUT2D eigenvalue weighted by Gasteiger charge is 2.15. The molecular formula is C17H20N6O. The van der Waals surface area contributed by atoms with Crippen molar-refractivity contribution in [2.45, 2.75) is 26.3 Å². The number of anilines is 2. The van der Waals surface area contributed by atoms with Gasteiger partial charge in [0.2, 0.25) is 5.95 Å². The fourth-order valence-electron chi connectivity index (χ4n) is 2.36. The van der Waals surface area contributed by atoms with E-state index in [2.05, 4.69) is 20.3 Å². The first-order valence-corrected chi connectivity index (χ1v) is 7.61. The molecule has 3 aromatic heterocycles. The molecular weight excluding hydrogens is 304 g/mol. The van der Waals surface area contributed by atoms with E-state index >= 15 is 0 Å². The lowest BCUT2D eigenvalue weighted by atomic mass is 10.1. The van der Waals surface area contributed by atoms with E-state index in [4.69, 9.17) is 5.73 Å². The molecule has 0 aromatic carbocycles. The SMILES string of the molecule is Cn1ccc(-c2cnc(N)c3cnc(NC(C)(C)C)nc23)cc1=O. The van der Waals surface area contributed by atoms with Crippen LogP contribution in [0.25, 0.3) is 22.0 Å². The summed E-state index contributed by atoms with van der Waals surface area (Å²) < 4.78 is 1.51. The Kier molecular flexibility index (Phi) is 3.71. The highest BCUT2D eigenvalue weighted by Crippen LogP contribution is 2.29. The van der Waals surface area contributed by atoms with Gasteiger partial charge in [-0.3, -0.25) is 4.79 Å². The summed E-state index contributed by atoms with van der Waals surface area (Å²) in [5.41, 5.74) is 7.85. The third kappa shape index (κ3) is 3.05. The summed E-state index contributed by atoms with van der Waals surface area (Å²) in [6.45, 7) is 6.09. The van der Waals surface area contributed by atoms with Crippen molar-refractivity contribution < 1.29 is 0 Å². The van der Waals surface area contributed by atoms with Gasteiger partial charge in [-0.1, -0.05) is 0 Å². The molecule has 124 valence electrons. The van der Waals surface area contributed by atoms with E-state index in [1.54, 1.807) is 31.7 Å². The van der Waals surface area contributed by atoms with E-state index in [1.807, 2.05) is 26.8 Å². The maximum absolute atomic E-state index is 11.9. The Labute approximate surface area is 139 Å². The van der Waals surface area contributed by atoms with Crippen LogP contribution in [0.4, 0.5) is 11.8 Å². The van der Waals surface area contributed by atoms with E-state index in [9.17, 15) is 4.79 Å². The molecule has 0 aliphatic carbocycles. The van der Waals surface area contributed by atoms with Gasteiger partial charge in [-0.25, -0.2) is 15.0 Å². The third-order valence-electron chi connectivity index (χ3n) is 3.55. The smallest absolute Gasteiger partial charge is 0.250 e. The Morgan fingerprint density at radius 3 is 2.62 bits per heavy atom. The molecule has 0 aliphatic heterocycles. The molecule has 0 saturated heterocycles. The average molecular weight is 324 g/mol. The summed E-state index contributed by atoms with van der Waals surface area (Å²) >= 11 is 0. The molecule has 0 spiro atoms. The lowest BCUT2D eigenvalue weighted by Gasteiger charge is -2.20. The third-order valence-corrected chi connectivity index (χ3v) is 3.55. The molecule has 0 aliphatic rings. The van der Waals surface area contributed by atoms with Crippen LogP contribution in [0, 0.1) is 0 Å². The minimum atomic E-state index is -0.172. The van der Waals surface area contributed by atoms with Crippen LogP contribution in [0.5, 0.6) is 0 Å². The molecule has 7 heteroatoms. The molecule has 7 nitrogen and oxygen atoms in total. The number of nitrogens with zero attached hydrogens (tertiary/aromatic N) is 4. The first-order chi connectivity index (χ1) is 11.2. The molecule has 0 fully saturated rings. The van der Waals surface area contributed by atoms with E-state index in [-0.39, 0.29) is 11.1 Å². The van der Waals surface area contributed by atoms with Crippen LogP contribution in [0.1, 0.15) is 20.8 Å². The zero-order valence-electron chi connectivity index (χ0n) is 14.2. The maximum Gasteiger partial charge on any atom is 0.250 e. The van der Waals surface area contributed by atoms with Crippen LogP contribution in [0.3, 0.4) is 0 Å². The minimum absolute atomic E-state index is 0.0976. The van der Waals surface area contributed by atoms with Crippen molar-refractivity contribution in [1.82, 2.24) is 19.5 Å². The van der Waals surface area contributed by atoms with Crippen molar-refractivity contribution in [3.05, 3.63) is 41.1 Å². The van der Waals surface area contributed by atoms with Gasteiger partial charge in [0.1, 0.15) is 5.82 Å². The normalized spacial score (nSPS) is 11.7. The topological polar surface area (TPSA) is 98.7 Å². The van der Waals surface area contributed by atoms with Gasteiger partial charge >= 0.3 is 0 Å². The van der Waals surface area contributed by atoms with E-state index in [0.29, 0.717) is 22.7 Å². The van der Waals surface area contributed by atoms with Crippen molar-refractivity contribution >= 4 is 22.7 Å². The lowest BCUT2D eigenvalue weighted by molar-refractivity contribution is 0.626. The molecule has 0 unspecified atom stereocenters. The standard InChI is InChI=1S/C17H20N6O/c1-17(2,3)22-16-20-9-12-14(21-16)11(8-19-15(12)18)10-5-6-23(4)13(24)7-10/h5-9H,1-4H3,(H2,18,19)(H,20,21,22). The second-order valence-electron chi connectivity index (χ2n) is 6.75. The number of hydrogen-bond donors (Lipinski definition) is 2. The minimum Gasteiger partial charge on any atom is -0.383 e. The molecule has 0 bridgehead atoms. The first kappa shape index (κ1) is 15.9. The molecule has 0 saturated carbocycles. The van der Waals surface area contributed by atoms with Crippen molar-refractivity contribution in [3.63, 3.8) is 0 Å². The maximum atomic E-state index is 11.9. The van der Waals surface area contributed by atoms with Gasteiger partial charge in [0.05, 0.1) is 10.9 Å². The van der Waals surface area contributed by atoms with Crippen molar-refractivity contribution in [2.75, 3.05) is 11.1 Å². The van der Waals surface area contributed by atoms with Gasteiger partial charge < -0.3 is 15.6 Å². The Hall–Kier alpha value is -2.96. The Morgan fingerprint density at radius 1 is 1.21 bits per heavy atom. The zero-order chi connectivity index (χ0) is 17.5. The second kappa shape index (κ2) is 5.59. The Bertz CT molecular complexity index is 971. The van der Waals surface area contributed by atoms with Gasteiger partial charge in [-0.05, 0) is 32.4 Å². The van der Waals surface area contributed by atoms with Crippen LogP contribution < -0.4 is 16.6 Å². The predicted molar refractivity (Wildman–Crippen MR) is 95.8 cm³/mol. The summed E-state index contributed by atoms with van der Waals surface area (Å²) in [4.78, 5) is 25.1. The molecule has 3 heterocycles. The zero-order valence-corrected chi connectivity index (χ0v) is 14.2. The monoisotopic (exact) mass is 324 g/mol. The van der Waals surface area contributed by atoms with Crippen molar-refractivity contribution in [3.8, 4) is 11.1 Å². The summed E-state index contributed by atoms with van der Waals surface area (Å²) in [5.74, 6) is 0.866. The average Bonchev–Trinajstić information content (AvgIpc) is 2.49. The molecule has 0 amide bonds. The molecule has 0 atom stereocenters. The van der Waals surface area contributed by atoms with Crippen molar-refractivity contribution in [2.24, 2.45) is 7.05 Å². The number of nitrogen functional groups attached to an aromatic ring is 1. The van der Waals surface area contributed by atoms with E-state index < -0.39 is 0 Å². The lowest BCUT2D eigenvalue weighted by Crippen LogP contribution is -2.27. The summed E-state index contributed by atoms with van der Waals surface area (Å²) in [6, 6.07) is 3.42.